The third kappa shape index (κ3) is 7.26. The highest BCUT2D eigenvalue weighted by atomic mass is 35.5. The predicted molar refractivity (Wildman–Crippen MR) is 216 cm³/mol. The van der Waals surface area contributed by atoms with Gasteiger partial charge in [-0.05, 0) is 53.5 Å². The number of thioether (sulfide) groups is 1. The zero-order chi connectivity index (χ0) is 37.2. The predicted octanol–water partition coefficient (Wildman–Crippen LogP) is 8.12. The summed E-state index contributed by atoms with van der Waals surface area (Å²) in [6.45, 7) is 12.0. The number of carbonyl (C=O) groups is 1. The average Bonchev–Trinajstić information content (AvgIpc) is 3.74. The van der Waals surface area contributed by atoms with Crippen LogP contribution in [0.2, 0.25) is 10.1 Å². The van der Waals surface area contributed by atoms with Gasteiger partial charge in [-0.3, -0.25) is 14.2 Å². The van der Waals surface area contributed by atoms with Crippen molar-refractivity contribution in [1.29, 1.82) is 0 Å². The number of benzene rings is 3. The number of ether oxygens (including phenoxy) is 1. The summed E-state index contributed by atoms with van der Waals surface area (Å²) < 4.78 is 18.2. The molecule has 3 aromatic carbocycles. The first-order chi connectivity index (χ1) is 24.9. The molecule has 272 valence electrons. The maximum atomic E-state index is 11.9. The van der Waals surface area contributed by atoms with Gasteiger partial charge in [0.1, 0.15) is 0 Å². The van der Waals surface area contributed by atoms with Crippen LogP contribution >= 0.6 is 23.4 Å². The lowest BCUT2D eigenvalue weighted by Gasteiger charge is -2.43. The van der Waals surface area contributed by atoms with E-state index in [1.54, 1.807) is 11.8 Å². The zero-order valence-electron chi connectivity index (χ0n) is 31.4. The zero-order valence-corrected chi connectivity index (χ0v) is 33.9. The van der Waals surface area contributed by atoms with Crippen LogP contribution in [0.3, 0.4) is 0 Å². The highest BCUT2D eigenvalue weighted by molar-refractivity contribution is 7.97. The SMILES string of the molecule is COC(=O)CCn1c(C)cc2c(-c3c(CSCc4cc(CO[Si](c5ccccc5)(c5ccccc5)C(C)(C)C)n(C)n4)nn(C)c3C)c(Cl)ccc21. The number of nitrogens with zero attached hydrogens (tertiary/aromatic N) is 5. The van der Waals surface area contributed by atoms with E-state index in [0.717, 1.165) is 56.3 Å². The third-order valence-electron chi connectivity index (χ3n) is 10.0. The molecule has 0 atom stereocenters. The number of hydrogen-bond donors (Lipinski definition) is 0. The summed E-state index contributed by atoms with van der Waals surface area (Å²) in [5.41, 5.74) is 8.19. The van der Waals surface area contributed by atoms with Crippen LogP contribution < -0.4 is 10.4 Å². The summed E-state index contributed by atoms with van der Waals surface area (Å²) in [6, 6.07) is 29.8. The van der Waals surface area contributed by atoms with Gasteiger partial charge >= 0.3 is 5.97 Å². The van der Waals surface area contributed by atoms with Gasteiger partial charge in [0.25, 0.3) is 8.32 Å². The summed E-state index contributed by atoms with van der Waals surface area (Å²) in [5, 5.41) is 14.0. The Labute approximate surface area is 317 Å². The Morgan fingerprint density at radius 1 is 0.865 bits per heavy atom. The van der Waals surface area contributed by atoms with Crippen LogP contribution in [0, 0.1) is 13.8 Å². The molecule has 0 aliphatic carbocycles. The quantitative estimate of drug-likeness (QED) is 0.0877. The van der Waals surface area contributed by atoms with E-state index in [4.69, 9.17) is 31.0 Å². The molecule has 0 aliphatic heterocycles. The van der Waals surface area contributed by atoms with Crippen LogP contribution in [-0.4, -0.2) is 45.5 Å². The minimum absolute atomic E-state index is 0.108. The lowest BCUT2D eigenvalue weighted by atomic mass is 9.99. The molecule has 6 rings (SSSR count). The first kappa shape index (κ1) is 37.7. The van der Waals surface area contributed by atoms with Crippen molar-refractivity contribution < 1.29 is 14.0 Å². The molecular formula is C41H48ClN5O3SSi. The van der Waals surface area contributed by atoms with E-state index in [9.17, 15) is 4.79 Å². The molecule has 0 N–H and O–H groups in total. The van der Waals surface area contributed by atoms with Crippen LogP contribution in [0.25, 0.3) is 22.0 Å². The van der Waals surface area contributed by atoms with Gasteiger partial charge in [-0.1, -0.05) is 93.0 Å². The van der Waals surface area contributed by atoms with E-state index in [1.165, 1.54) is 17.5 Å². The number of aromatic nitrogens is 5. The van der Waals surface area contributed by atoms with Gasteiger partial charge in [-0.15, -0.1) is 11.8 Å². The Morgan fingerprint density at radius 2 is 1.52 bits per heavy atom. The Hall–Kier alpha value is -4.09. The van der Waals surface area contributed by atoms with Crippen molar-refractivity contribution in [2.24, 2.45) is 14.1 Å². The summed E-state index contributed by atoms with van der Waals surface area (Å²) in [5.74, 6) is 1.18. The van der Waals surface area contributed by atoms with Gasteiger partial charge in [0.15, 0.2) is 0 Å². The van der Waals surface area contributed by atoms with E-state index < -0.39 is 8.32 Å². The van der Waals surface area contributed by atoms with Crippen molar-refractivity contribution in [3.63, 3.8) is 0 Å². The van der Waals surface area contributed by atoms with Gasteiger partial charge in [0.05, 0.1) is 37.2 Å². The fourth-order valence-corrected chi connectivity index (χ4v) is 13.0. The lowest BCUT2D eigenvalue weighted by Crippen LogP contribution is -2.66. The monoisotopic (exact) mass is 753 g/mol. The molecule has 0 saturated heterocycles. The largest absolute Gasteiger partial charge is 0.469 e. The van der Waals surface area contributed by atoms with Crippen molar-refractivity contribution in [2.75, 3.05) is 7.11 Å². The first-order valence-corrected chi connectivity index (χ1v) is 21.0. The molecule has 3 heterocycles. The molecule has 3 aromatic heterocycles. The number of aryl methyl sites for hydroxylation is 4. The van der Waals surface area contributed by atoms with E-state index in [2.05, 4.69) is 112 Å². The molecule has 0 amide bonds. The first-order valence-electron chi connectivity index (χ1n) is 17.6. The summed E-state index contributed by atoms with van der Waals surface area (Å²) >= 11 is 8.76. The smallest absolute Gasteiger partial charge is 0.307 e. The Bertz CT molecular complexity index is 2150. The fourth-order valence-electron chi connectivity index (χ4n) is 7.37. The van der Waals surface area contributed by atoms with Gasteiger partial charge in [0, 0.05) is 70.6 Å². The second-order valence-corrected chi connectivity index (χ2v) is 20.0. The number of esters is 1. The van der Waals surface area contributed by atoms with Crippen molar-refractivity contribution >= 4 is 58.9 Å². The van der Waals surface area contributed by atoms with E-state index in [1.807, 2.05) is 35.6 Å². The number of methoxy groups -OCH3 is 1. The van der Waals surface area contributed by atoms with Crippen LogP contribution in [-0.2, 0) is 52.7 Å². The van der Waals surface area contributed by atoms with Crippen LogP contribution in [0.5, 0.6) is 0 Å². The summed E-state index contributed by atoms with van der Waals surface area (Å²) in [4.78, 5) is 11.9. The number of carbonyl (C=O) groups excluding carboxylic acids is 1. The maximum Gasteiger partial charge on any atom is 0.307 e. The Balaban J connectivity index is 1.23. The van der Waals surface area contributed by atoms with Crippen molar-refractivity contribution in [3.05, 3.63) is 118 Å². The second kappa shape index (κ2) is 15.5. The number of hydrogen-bond acceptors (Lipinski definition) is 6. The minimum Gasteiger partial charge on any atom is -0.469 e. The molecule has 0 saturated carbocycles. The third-order valence-corrected chi connectivity index (χ3v) is 16.3. The molecule has 0 aliphatic rings. The number of halogens is 1. The van der Waals surface area contributed by atoms with Crippen molar-refractivity contribution in [3.8, 4) is 11.1 Å². The molecule has 52 heavy (non-hydrogen) atoms. The average molecular weight is 754 g/mol. The van der Waals surface area contributed by atoms with Gasteiger partial charge in [-0.25, -0.2) is 0 Å². The van der Waals surface area contributed by atoms with Gasteiger partial charge in [-0.2, -0.15) is 10.2 Å². The van der Waals surface area contributed by atoms with Crippen LogP contribution in [0.1, 0.15) is 55.7 Å². The molecule has 0 radical (unpaired) electrons. The van der Waals surface area contributed by atoms with Gasteiger partial charge in [0.2, 0.25) is 0 Å². The van der Waals surface area contributed by atoms with Gasteiger partial charge < -0.3 is 13.7 Å². The Kier molecular flexibility index (Phi) is 11.2. The fraction of sp³-hybridized carbons (Fsp3) is 0.341. The lowest BCUT2D eigenvalue weighted by molar-refractivity contribution is -0.140. The van der Waals surface area contributed by atoms with E-state index >= 15 is 0 Å². The molecule has 0 bridgehead atoms. The molecule has 0 spiro atoms. The molecule has 8 nitrogen and oxygen atoms in total. The number of fused-ring (bicyclic) bond motifs is 1. The standard InChI is InChI=1S/C41H48ClN5O3SSi/c1-28-23-34-37(47(28)22-21-38(48)49-8)20-19-35(42)40(34)39-29(2)45(6)44-36(39)27-51-26-30-24-31(46(7)43-30)25-50-52(41(3,4)5,32-15-11-9-12-16-32)33-17-13-10-14-18-33/h9-20,23-24H,21-22,25-27H2,1-8H3. The second-order valence-electron chi connectivity index (χ2n) is 14.3. The van der Waals surface area contributed by atoms with E-state index in [-0.39, 0.29) is 11.0 Å². The molecule has 0 fully saturated rings. The van der Waals surface area contributed by atoms with E-state index in [0.29, 0.717) is 30.3 Å². The minimum atomic E-state index is -2.68. The topological polar surface area (TPSA) is 76.1 Å². The highest BCUT2D eigenvalue weighted by Gasteiger charge is 2.50. The molecular weight excluding hydrogens is 706 g/mol. The van der Waals surface area contributed by atoms with Crippen molar-refractivity contribution in [2.45, 2.75) is 70.7 Å². The molecule has 11 heteroatoms. The molecule has 0 unspecified atom stereocenters. The molecule has 6 aromatic rings. The van der Waals surface area contributed by atoms with Crippen LogP contribution in [0.15, 0.2) is 84.9 Å². The number of rotatable bonds is 13. The van der Waals surface area contributed by atoms with Crippen LogP contribution in [0.4, 0.5) is 0 Å². The summed E-state index contributed by atoms with van der Waals surface area (Å²) in [7, 11) is 2.71. The van der Waals surface area contributed by atoms with Crippen molar-refractivity contribution in [1.82, 2.24) is 24.1 Å². The Morgan fingerprint density at radius 3 is 2.13 bits per heavy atom. The summed E-state index contributed by atoms with van der Waals surface area (Å²) in [6.07, 6.45) is 0.299. The highest BCUT2D eigenvalue weighted by Crippen LogP contribution is 2.41. The maximum absolute atomic E-state index is 11.9. The normalized spacial score (nSPS) is 12.2.